The minimum absolute atomic E-state index is 0. The molecule has 0 spiro atoms. The zero-order valence-corrected chi connectivity index (χ0v) is 12.1. The average molecular weight is 326 g/mol. The second-order valence-electron chi connectivity index (χ2n) is 4.47. The number of nitrogens with one attached hydrogen (secondary N) is 1. The van der Waals surface area contributed by atoms with Crippen LogP contribution in [-0.4, -0.2) is 44.1 Å². The summed E-state index contributed by atoms with van der Waals surface area (Å²) in [4.78, 5) is 0. The Morgan fingerprint density at radius 2 is 2.00 bits per heavy atom. The number of hydrogen-bond donors (Lipinski definition) is 2. The fraction of sp³-hybridized carbons (Fsp3) is 1.00. The van der Waals surface area contributed by atoms with Gasteiger partial charge in [-0.05, 0) is 19.8 Å². The van der Waals surface area contributed by atoms with Gasteiger partial charge in [0.15, 0.2) is 0 Å². The molecule has 116 valence electrons. The van der Waals surface area contributed by atoms with Crippen LogP contribution < -0.4 is 10.5 Å². The molecule has 1 saturated heterocycles. The first-order valence-electron chi connectivity index (χ1n) is 5.72. The molecule has 10 heteroatoms. The van der Waals surface area contributed by atoms with Crippen molar-refractivity contribution < 1.29 is 21.6 Å². The van der Waals surface area contributed by atoms with Crippen LogP contribution in [0.15, 0.2) is 0 Å². The maximum atomic E-state index is 12.0. The number of alkyl halides is 3. The van der Waals surface area contributed by atoms with E-state index in [0.29, 0.717) is 12.8 Å². The Morgan fingerprint density at radius 3 is 2.47 bits per heavy atom. The molecule has 0 aromatic heterocycles. The van der Waals surface area contributed by atoms with Crippen LogP contribution in [0.2, 0.25) is 0 Å². The van der Waals surface area contributed by atoms with Gasteiger partial charge in [-0.1, -0.05) is 6.42 Å². The van der Waals surface area contributed by atoms with Crippen molar-refractivity contribution in [2.24, 2.45) is 5.73 Å². The van der Waals surface area contributed by atoms with Gasteiger partial charge in [-0.2, -0.15) is 30.6 Å². The normalized spacial score (nSPS) is 23.7. The van der Waals surface area contributed by atoms with Crippen LogP contribution in [0.1, 0.15) is 26.2 Å². The summed E-state index contributed by atoms with van der Waals surface area (Å²) < 4.78 is 62.3. The predicted molar refractivity (Wildman–Crippen MR) is 68.2 cm³/mol. The SMILES string of the molecule is CC(N)C1CCCCN1S(=O)(=O)NCC(F)(F)F.Cl. The largest absolute Gasteiger partial charge is 0.402 e. The number of piperidine rings is 1. The Balaban J connectivity index is 0.00000324. The van der Waals surface area contributed by atoms with Gasteiger partial charge in [0, 0.05) is 18.6 Å². The monoisotopic (exact) mass is 325 g/mol. The Hall–Kier alpha value is -0.0900. The van der Waals surface area contributed by atoms with E-state index in [2.05, 4.69) is 0 Å². The van der Waals surface area contributed by atoms with Crippen molar-refractivity contribution in [3.63, 3.8) is 0 Å². The van der Waals surface area contributed by atoms with Crippen molar-refractivity contribution in [1.82, 2.24) is 9.03 Å². The molecule has 1 heterocycles. The summed E-state index contributed by atoms with van der Waals surface area (Å²) in [7, 11) is -4.13. The summed E-state index contributed by atoms with van der Waals surface area (Å²) in [5, 5.41) is 0. The van der Waals surface area contributed by atoms with Gasteiger partial charge in [0.05, 0.1) is 0 Å². The van der Waals surface area contributed by atoms with E-state index in [0.717, 1.165) is 10.7 Å². The third-order valence-electron chi connectivity index (χ3n) is 2.87. The Kier molecular flexibility index (Phi) is 7.04. The Bertz CT molecular complexity index is 375. The van der Waals surface area contributed by atoms with E-state index < -0.39 is 35.0 Å². The molecule has 1 rings (SSSR count). The average Bonchev–Trinajstić information content (AvgIpc) is 2.26. The first-order chi connectivity index (χ1) is 8.13. The Labute approximate surface area is 117 Å². The third kappa shape index (κ3) is 5.82. The lowest BCUT2D eigenvalue weighted by Crippen LogP contribution is -2.55. The van der Waals surface area contributed by atoms with Crippen LogP contribution in [0.3, 0.4) is 0 Å². The second kappa shape index (κ2) is 7.07. The molecule has 3 N–H and O–H groups in total. The van der Waals surface area contributed by atoms with Gasteiger partial charge >= 0.3 is 6.18 Å². The van der Waals surface area contributed by atoms with Crippen molar-refractivity contribution in [2.45, 2.75) is 44.4 Å². The number of rotatable bonds is 4. The summed E-state index contributed by atoms with van der Waals surface area (Å²) in [5.74, 6) is 0. The van der Waals surface area contributed by atoms with Gasteiger partial charge in [0.2, 0.25) is 0 Å². The van der Waals surface area contributed by atoms with Crippen LogP contribution in [0.25, 0.3) is 0 Å². The molecule has 2 unspecified atom stereocenters. The maximum Gasteiger partial charge on any atom is 0.402 e. The fourth-order valence-corrected chi connectivity index (χ4v) is 3.55. The molecule has 0 amide bonds. The topological polar surface area (TPSA) is 75.4 Å². The second-order valence-corrected chi connectivity index (χ2v) is 6.18. The molecular formula is C9H19ClF3N3O2S. The quantitative estimate of drug-likeness (QED) is 0.810. The van der Waals surface area contributed by atoms with Crippen molar-refractivity contribution in [1.29, 1.82) is 0 Å². The zero-order chi connectivity index (χ0) is 14.0. The van der Waals surface area contributed by atoms with E-state index in [1.54, 1.807) is 11.6 Å². The van der Waals surface area contributed by atoms with Crippen LogP contribution >= 0.6 is 12.4 Å². The number of halogens is 4. The Morgan fingerprint density at radius 1 is 1.42 bits per heavy atom. The summed E-state index contributed by atoms with van der Waals surface area (Å²) in [5.41, 5.74) is 5.68. The van der Waals surface area contributed by atoms with Crippen LogP contribution in [0.5, 0.6) is 0 Å². The van der Waals surface area contributed by atoms with Gasteiger partial charge in [-0.25, -0.2) is 0 Å². The number of nitrogens with two attached hydrogens (primary N) is 1. The maximum absolute atomic E-state index is 12.0. The van der Waals surface area contributed by atoms with E-state index >= 15 is 0 Å². The van der Waals surface area contributed by atoms with Gasteiger partial charge in [0.1, 0.15) is 6.54 Å². The van der Waals surface area contributed by atoms with Crippen molar-refractivity contribution in [2.75, 3.05) is 13.1 Å². The smallest absolute Gasteiger partial charge is 0.326 e. The summed E-state index contributed by atoms with van der Waals surface area (Å²) in [6.45, 7) is 0.305. The molecule has 5 nitrogen and oxygen atoms in total. The summed E-state index contributed by atoms with van der Waals surface area (Å²) in [6, 6.07) is -0.850. The lowest BCUT2D eigenvalue weighted by Gasteiger charge is -2.36. The molecule has 0 aliphatic carbocycles. The van der Waals surface area contributed by atoms with Gasteiger partial charge < -0.3 is 5.73 Å². The van der Waals surface area contributed by atoms with Crippen LogP contribution in [0, 0.1) is 0 Å². The predicted octanol–water partition coefficient (Wildman–Crippen LogP) is 1.01. The summed E-state index contributed by atoms with van der Waals surface area (Å²) in [6.07, 6.45) is -2.52. The van der Waals surface area contributed by atoms with E-state index in [1.807, 2.05) is 0 Å². The molecule has 2 atom stereocenters. The molecule has 1 aliphatic heterocycles. The molecule has 1 aliphatic rings. The van der Waals surface area contributed by atoms with Crippen LogP contribution in [-0.2, 0) is 10.2 Å². The standard InChI is InChI=1S/C9H18F3N3O2S.ClH/c1-7(13)8-4-2-3-5-15(8)18(16,17)14-6-9(10,11)12;/h7-8,14H,2-6,13H2,1H3;1H. The van der Waals surface area contributed by atoms with Crippen LogP contribution in [0.4, 0.5) is 13.2 Å². The first-order valence-corrected chi connectivity index (χ1v) is 7.16. The van der Waals surface area contributed by atoms with Gasteiger partial charge in [0.25, 0.3) is 10.2 Å². The number of nitrogens with zero attached hydrogens (tertiary/aromatic N) is 1. The third-order valence-corrected chi connectivity index (χ3v) is 4.45. The highest BCUT2D eigenvalue weighted by molar-refractivity contribution is 7.87. The minimum Gasteiger partial charge on any atom is -0.326 e. The minimum atomic E-state index is -4.56. The van der Waals surface area contributed by atoms with E-state index in [-0.39, 0.29) is 19.0 Å². The first kappa shape index (κ1) is 18.9. The van der Waals surface area contributed by atoms with Crippen molar-refractivity contribution in [3.8, 4) is 0 Å². The van der Waals surface area contributed by atoms with E-state index in [4.69, 9.17) is 5.73 Å². The van der Waals surface area contributed by atoms with E-state index in [9.17, 15) is 21.6 Å². The number of hydrogen-bond acceptors (Lipinski definition) is 3. The molecule has 0 aromatic carbocycles. The highest BCUT2D eigenvalue weighted by Gasteiger charge is 2.37. The van der Waals surface area contributed by atoms with Gasteiger partial charge in [-0.3, -0.25) is 0 Å². The lowest BCUT2D eigenvalue weighted by atomic mass is 10.00. The fourth-order valence-electron chi connectivity index (χ4n) is 2.01. The van der Waals surface area contributed by atoms with Crippen molar-refractivity contribution in [3.05, 3.63) is 0 Å². The van der Waals surface area contributed by atoms with Gasteiger partial charge in [-0.15, -0.1) is 12.4 Å². The molecule has 19 heavy (non-hydrogen) atoms. The summed E-state index contributed by atoms with van der Waals surface area (Å²) >= 11 is 0. The highest BCUT2D eigenvalue weighted by atomic mass is 35.5. The highest BCUT2D eigenvalue weighted by Crippen LogP contribution is 2.22. The lowest BCUT2D eigenvalue weighted by molar-refractivity contribution is -0.121. The van der Waals surface area contributed by atoms with E-state index in [1.165, 1.54) is 0 Å². The molecular weight excluding hydrogens is 307 g/mol. The molecule has 0 bridgehead atoms. The zero-order valence-electron chi connectivity index (χ0n) is 10.5. The molecule has 0 saturated carbocycles. The van der Waals surface area contributed by atoms with Crippen molar-refractivity contribution >= 4 is 22.6 Å². The molecule has 0 radical (unpaired) electrons. The molecule has 0 aromatic rings. The molecule has 1 fully saturated rings.